The Labute approximate surface area is 88.5 Å². The van der Waals surface area contributed by atoms with Gasteiger partial charge < -0.3 is 5.11 Å². The molecule has 0 spiro atoms. The highest BCUT2D eigenvalue weighted by atomic mass is 32.2. The van der Waals surface area contributed by atoms with E-state index in [4.69, 9.17) is 5.11 Å². The van der Waals surface area contributed by atoms with Gasteiger partial charge in [-0.25, -0.2) is 12.8 Å². The summed E-state index contributed by atoms with van der Waals surface area (Å²) in [6.07, 6.45) is 2.05. The number of aliphatic hydroxyl groups excluding tert-OH is 1. The molecule has 1 aromatic carbocycles. The van der Waals surface area contributed by atoms with Gasteiger partial charge in [0, 0.05) is 12.9 Å². The van der Waals surface area contributed by atoms with Crippen molar-refractivity contribution in [2.75, 3.05) is 12.9 Å². The summed E-state index contributed by atoms with van der Waals surface area (Å²) in [5.41, 5.74) is 0.689. The van der Waals surface area contributed by atoms with Gasteiger partial charge in [0.2, 0.25) is 0 Å². The van der Waals surface area contributed by atoms with Crippen molar-refractivity contribution < 1.29 is 17.9 Å². The second kappa shape index (κ2) is 4.72. The Balaban J connectivity index is 2.99. The minimum absolute atomic E-state index is 0.0371. The van der Waals surface area contributed by atoms with E-state index in [1.54, 1.807) is 6.07 Å². The molecule has 84 valence electrons. The summed E-state index contributed by atoms with van der Waals surface area (Å²) in [5.74, 6) is -0.729. The number of benzene rings is 1. The second-order valence-electron chi connectivity index (χ2n) is 3.36. The molecule has 1 rings (SSSR count). The Morgan fingerprint density at radius 1 is 1.40 bits per heavy atom. The van der Waals surface area contributed by atoms with E-state index < -0.39 is 15.7 Å². The van der Waals surface area contributed by atoms with E-state index in [2.05, 4.69) is 0 Å². The molecular weight excluding hydrogens is 219 g/mol. The zero-order valence-corrected chi connectivity index (χ0v) is 9.22. The van der Waals surface area contributed by atoms with Crippen LogP contribution in [0.2, 0.25) is 0 Å². The van der Waals surface area contributed by atoms with Gasteiger partial charge in [0.05, 0.1) is 0 Å². The predicted molar refractivity (Wildman–Crippen MR) is 54.9 cm³/mol. The fourth-order valence-corrected chi connectivity index (χ4v) is 2.01. The normalized spacial score (nSPS) is 11.7. The predicted octanol–water partition coefficient (Wildman–Crippen LogP) is 1.15. The number of halogens is 1. The SMILES string of the molecule is CS(=O)(=O)c1ccc(CCCO)cc1F. The first-order valence-corrected chi connectivity index (χ1v) is 6.43. The molecule has 0 saturated heterocycles. The molecule has 0 fully saturated rings. The van der Waals surface area contributed by atoms with E-state index in [-0.39, 0.29) is 11.5 Å². The van der Waals surface area contributed by atoms with Crippen LogP contribution in [0.25, 0.3) is 0 Å². The maximum absolute atomic E-state index is 13.3. The van der Waals surface area contributed by atoms with Gasteiger partial charge in [0.25, 0.3) is 0 Å². The van der Waals surface area contributed by atoms with Crippen LogP contribution in [0.3, 0.4) is 0 Å². The Morgan fingerprint density at radius 2 is 2.07 bits per heavy atom. The van der Waals surface area contributed by atoms with Crippen molar-refractivity contribution in [2.45, 2.75) is 17.7 Å². The third-order valence-electron chi connectivity index (χ3n) is 2.02. The largest absolute Gasteiger partial charge is 0.396 e. The van der Waals surface area contributed by atoms with Crippen LogP contribution in [-0.2, 0) is 16.3 Å². The van der Waals surface area contributed by atoms with E-state index in [0.29, 0.717) is 18.4 Å². The lowest BCUT2D eigenvalue weighted by atomic mass is 10.1. The molecule has 0 radical (unpaired) electrons. The van der Waals surface area contributed by atoms with Crippen LogP contribution in [0.1, 0.15) is 12.0 Å². The smallest absolute Gasteiger partial charge is 0.178 e. The zero-order valence-electron chi connectivity index (χ0n) is 8.40. The van der Waals surface area contributed by atoms with Crippen molar-refractivity contribution in [2.24, 2.45) is 0 Å². The summed E-state index contributed by atoms with van der Waals surface area (Å²) < 4.78 is 35.5. The highest BCUT2D eigenvalue weighted by molar-refractivity contribution is 7.90. The van der Waals surface area contributed by atoms with Gasteiger partial charge in [-0.3, -0.25) is 0 Å². The summed E-state index contributed by atoms with van der Waals surface area (Å²) in [4.78, 5) is -0.282. The molecule has 1 N–H and O–H groups in total. The minimum atomic E-state index is -3.50. The maximum atomic E-state index is 13.3. The average molecular weight is 232 g/mol. The fraction of sp³-hybridized carbons (Fsp3) is 0.400. The summed E-state index contributed by atoms with van der Waals surface area (Å²) in [5, 5.41) is 8.59. The third kappa shape index (κ3) is 3.28. The van der Waals surface area contributed by atoms with Gasteiger partial charge >= 0.3 is 0 Å². The van der Waals surface area contributed by atoms with E-state index in [1.807, 2.05) is 0 Å². The van der Waals surface area contributed by atoms with Gasteiger partial charge in [-0.2, -0.15) is 0 Å². The van der Waals surface area contributed by atoms with Crippen LogP contribution in [0.15, 0.2) is 23.1 Å². The van der Waals surface area contributed by atoms with Crippen molar-refractivity contribution in [3.63, 3.8) is 0 Å². The van der Waals surface area contributed by atoms with Crippen molar-refractivity contribution in [1.82, 2.24) is 0 Å². The summed E-state index contributed by atoms with van der Waals surface area (Å²) in [6.45, 7) is 0.0371. The van der Waals surface area contributed by atoms with Crippen LogP contribution in [0, 0.1) is 5.82 Å². The monoisotopic (exact) mass is 232 g/mol. The molecule has 0 aromatic heterocycles. The average Bonchev–Trinajstić information content (AvgIpc) is 2.12. The minimum Gasteiger partial charge on any atom is -0.396 e. The van der Waals surface area contributed by atoms with Gasteiger partial charge in [-0.1, -0.05) is 6.07 Å². The van der Waals surface area contributed by atoms with Gasteiger partial charge in [0.15, 0.2) is 9.84 Å². The topological polar surface area (TPSA) is 54.4 Å². The summed E-state index contributed by atoms with van der Waals surface area (Å²) in [6, 6.07) is 4.03. The van der Waals surface area contributed by atoms with Crippen LogP contribution < -0.4 is 0 Å². The molecular formula is C10H13FO3S. The molecule has 0 aliphatic rings. The van der Waals surface area contributed by atoms with Gasteiger partial charge in [-0.15, -0.1) is 0 Å². The lowest BCUT2D eigenvalue weighted by Crippen LogP contribution is -2.01. The highest BCUT2D eigenvalue weighted by Crippen LogP contribution is 2.16. The van der Waals surface area contributed by atoms with Crippen molar-refractivity contribution in [1.29, 1.82) is 0 Å². The molecule has 0 unspecified atom stereocenters. The quantitative estimate of drug-likeness (QED) is 0.847. The Kier molecular flexibility index (Phi) is 3.82. The Morgan fingerprint density at radius 3 is 2.53 bits per heavy atom. The molecule has 0 aliphatic carbocycles. The zero-order chi connectivity index (χ0) is 11.5. The first-order valence-electron chi connectivity index (χ1n) is 4.54. The number of hydrogen-bond acceptors (Lipinski definition) is 3. The standard InChI is InChI=1S/C10H13FO3S/c1-15(13,14)10-5-4-8(3-2-6-12)7-9(10)11/h4-5,7,12H,2-3,6H2,1H3. The summed E-state index contributed by atoms with van der Waals surface area (Å²) in [7, 11) is -3.50. The number of sulfone groups is 1. The van der Waals surface area contributed by atoms with E-state index in [1.165, 1.54) is 12.1 Å². The number of aliphatic hydroxyl groups is 1. The molecule has 0 bridgehead atoms. The van der Waals surface area contributed by atoms with Crippen LogP contribution in [0.5, 0.6) is 0 Å². The van der Waals surface area contributed by atoms with Crippen LogP contribution in [0.4, 0.5) is 4.39 Å². The van der Waals surface area contributed by atoms with E-state index in [9.17, 15) is 12.8 Å². The molecule has 0 amide bonds. The fourth-order valence-electron chi connectivity index (χ4n) is 1.28. The molecule has 0 aliphatic heterocycles. The number of aryl methyl sites for hydroxylation is 1. The number of hydrogen-bond donors (Lipinski definition) is 1. The first-order chi connectivity index (χ1) is 6.95. The molecule has 1 aromatic rings. The van der Waals surface area contributed by atoms with Crippen molar-refractivity contribution >= 4 is 9.84 Å². The molecule has 3 nitrogen and oxygen atoms in total. The first kappa shape index (κ1) is 12.1. The summed E-state index contributed by atoms with van der Waals surface area (Å²) >= 11 is 0. The molecule has 15 heavy (non-hydrogen) atoms. The molecule has 0 atom stereocenters. The molecule has 0 saturated carbocycles. The lowest BCUT2D eigenvalue weighted by Gasteiger charge is -2.03. The highest BCUT2D eigenvalue weighted by Gasteiger charge is 2.13. The van der Waals surface area contributed by atoms with Gasteiger partial charge in [-0.05, 0) is 30.5 Å². The maximum Gasteiger partial charge on any atom is 0.178 e. The lowest BCUT2D eigenvalue weighted by molar-refractivity contribution is 0.288. The molecule has 5 heteroatoms. The third-order valence-corrected chi connectivity index (χ3v) is 3.15. The van der Waals surface area contributed by atoms with Crippen LogP contribution in [-0.4, -0.2) is 26.4 Å². The Bertz CT molecular complexity index is 440. The second-order valence-corrected chi connectivity index (χ2v) is 5.35. The van der Waals surface area contributed by atoms with Crippen molar-refractivity contribution in [3.8, 4) is 0 Å². The van der Waals surface area contributed by atoms with E-state index >= 15 is 0 Å². The van der Waals surface area contributed by atoms with E-state index in [0.717, 1.165) is 6.26 Å². The van der Waals surface area contributed by atoms with Gasteiger partial charge in [0.1, 0.15) is 10.7 Å². The molecule has 0 heterocycles. The van der Waals surface area contributed by atoms with Crippen molar-refractivity contribution in [3.05, 3.63) is 29.6 Å². The Hall–Kier alpha value is -0.940. The number of rotatable bonds is 4. The van der Waals surface area contributed by atoms with Crippen LogP contribution >= 0.6 is 0 Å².